The van der Waals surface area contributed by atoms with Gasteiger partial charge in [0.1, 0.15) is 33.5 Å². The Morgan fingerprint density at radius 3 is 0.926 bits per heavy atom. The van der Waals surface area contributed by atoms with Crippen molar-refractivity contribution in [3.63, 3.8) is 0 Å². The van der Waals surface area contributed by atoms with Crippen LogP contribution in [-0.2, 0) is 0 Å². The molecule has 0 saturated carbocycles. The molecule has 0 aliphatic heterocycles. The Hall–Kier alpha value is -17.8. The molecule has 0 radical (unpaired) electrons. The number of furan rings is 3. The summed E-state index contributed by atoms with van der Waals surface area (Å²) in [5.41, 5.74) is 29.9. The maximum atomic E-state index is 6.70. The van der Waals surface area contributed by atoms with Gasteiger partial charge in [-0.2, -0.15) is 0 Å². The maximum Gasteiger partial charge on any atom is 0.143 e. The van der Waals surface area contributed by atoms with Crippen LogP contribution in [0.25, 0.3) is 274 Å². The molecule has 3 heteroatoms. The molecule has 28 aromatic rings. The van der Waals surface area contributed by atoms with Crippen molar-refractivity contribution in [2.45, 2.75) is 0 Å². The normalized spacial score (nSPS) is 11.7. The quantitative estimate of drug-likeness (QED) is 0.128. The number of fused-ring (bicyclic) bond motifs is 18. The molecule has 0 fully saturated rings. The van der Waals surface area contributed by atoms with Crippen molar-refractivity contribution in [2.75, 3.05) is 0 Å². The fraction of sp³-hybridized carbons (Fsp3) is 0. The SMILES string of the molecule is c1ccc(-c2ccc3cc(-c4c5ccccc5c(-c5cccc6oc7cc(-c8ccccc8)ccc7c56)c5ccccc45)ccc3c2)cc1.c1ccc(-c2ccc3ccc(-c4c5ccccc5c(-c5cccc6oc7c(-c8ccccc8)cccc7c56)c5ccccc45)cc3c2)cc1.c1ccc2c(-c3c4ccccc4c(-c4ccc5oc6ccccc6c5c4)c4ccccc34)cccc2c1. The number of rotatable bonds is 10. The van der Waals surface area contributed by atoms with Crippen LogP contribution in [0.15, 0.2) is 511 Å². The predicted octanol–water partition coefficient (Wildman–Crippen LogP) is 37.8. The third kappa shape index (κ3) is 13.4. The van der Waals surface area contributed by atoms with Gasteiger partial charge in [0.25, 0.3) is 0 Å². The Morgan fingerprint density at radius 2 is 0.415 bits per heavy atom. The molecule has 0 amide bonds. The van der Waals surface area contributed by atoms with Crippen molar-refractivity contribution in [1.82, 2.24) is 0 Å². The van der Waals surface area contributed by atoms with Crippen molar-refractivity contribution >= 4 is 163 Å². The summed E-state index contributed by atoms with van der Waals surface area (Å²) in [6.45, 7) is 0. The van der Waals surface area contributed by atoms with Crippen LogP contribution in [0.2, 0.25) is 0 Å². The highest BCUT2D eigenvalue weighted by Crippen LogP contribution is 2.53. The highest BCUT2D eigenvalue weighted by atomic mass is 16.3. The van der Waals surface area contributed by atoms with E-state index in [0.29, 0.717) is 0 Å². The minimum Gasteiger partial charge on any atom is -0.456 e. The Bertz CT molecular complexity index is 9440. The summed E-state index contributed by atoms with van der Waals surface area (Å²) in [4.78, 5) is 0. The molecule has 0 N–H and O–H groups in total. The molecule has 0 spiro atoms. The van der Waals surface area contributed by atoms with Crippen molar-refractivity contribution in [3.05, 3.63) is 497 Å². The second kappa shape index (κ2) is 32.7. The second-order valence-corrected chi connectivity index (χ2v) is 35.3. The zero-order valence-corrected chi connectivity index (χ0v) is 73.6. The molecular weight excluding hydrogens is 1630 g/mol. The van der Waals surface area contributed by atoms with Gasteiger partial charge in [-0.3, -0.25) is 0 Å². The first kappa shape index (κ1) is 78.3. The Balaban J connectivity index is 0.000000107. The lowest BCUT2D eigenvalue weighted by atomic mass is 9.84. The van der Waals surface area contributed by atoms with Crippen LogP contribution in [0.1, 0.15) is 0 Å². The van der Waals surface area contributed by atoms with Gasteiger partial charge in [0.15, 0.2) is 0 Å². The Labute approximate surface area is 779 Å². The van der Waals surface area contributed by atoms with Gasteiger partial charge < -0.3 is 13.3 Å². The molecule has 0 saturated heterocycles. The van der Waals surface area contributed by atoms with E-state index in [1.165, 1.54) is 192 Å². The van der Waals surface area contributed by atoms with Crippen LogP contribution in [0.5, 0.6) is 0 Å². The summed E-state index contributed by atoms with van der Waals surface area (Å²) in [6.07, 6.45) is 0. The zero-order valence-electron chi connectivity index (χ0n) is 73.6. The first-order valence-corrected chi connectivity index (χ1v) is 46.4. The molecule has 28 rings (SSSR count). The zero-order chi connectivity index (χ0) is 89.0. The van der Waals surface area contributed by atoms with E-state index >= 15 is 0 Å². The van der Waals surface area contributed by atoms with Crippen molar-refractivity contribution in [2.24, 2.45) is 0 Å². The minimum absolute atomic E-state index is 0.900. The van der Waals surface area contributed by atoms with E-state index < -0.39 is 0 Å². The van der Waals surface area contributed by atoms with Crippen molar-refractivity contribution in [1.29, 1.82) is 0 Å². The van der Waals surface area contributed by atoms with Gasteiger partial charge in [0, 0.05) is 37.9 Å². The maximum absolute atomic E-state index is 6.70. The smallest absolute Gasteiger partial charge is 0.143 e. The van der Waals surface area contributed by atoms with E-state index in [1.54, 1.807) is 0 Å². The van der Waals surface area contributed by atoms with Gasteiger partial charge in [-0.1, -0.05) is 431 Å². The van der Waals surface area contributed by atoms with E-state index in [1.807, 2.05) is 12.1 Å². The first-order chi connectivity index (χ1) is 67.0. The van der Waals surface area contributed by atoms with Crippen LogP contribution in [-0.4, -0.2) is 0 Å². The van der Waals surface area contributed by atoms with Crippen LogP contribution >= 0.6 is 0 Å². The lowest BCUT2D eigenvalue weighted by Crippen LogP contribution is -1.91. The van der Waals surface area contributed by atoms with E-state index in [9.17, 15) is 0 Å². The topological polar surface area (TPSA) is 39.4 Å². The van der Waals surface area contributed by atoms with E-state index in [4.69, 9.17) is 13.3 Å². The number of hydrogen-bond acceptors (Lipinski definition) is 3. The van der Waals surface area contributed by atoms with Gasteiger partial charge in [-0.25, -0.2) is 0 Å². The lowest BCUT2D eigenvalue weighted by molar-refractivity contribution is 0.668. The van der Waals surface area contributed by atoms with Crippen LogP contribution in [0.3, 0.4) is 0 Å². The molecule has 3 heterocycles. The second-order valence-electron chi connectivity index (χ2n) is 35.3. The molecule has 135 heavy (non-hydrogen) atoms. The third-order valence-corrected chi connectivity index (χ3v) is 27.7. The molecule has 3 aromatic heterocycles. The molecule has 0 bridgehead atoms. The fourth-order valence-electron chi connectivity index (χ4n) is 21.7. The fourth-order valence-corrected chi connectivity index (χ4v) is 21.7. The molecule has 0 atom stereocenters. The Kier molecular flexibility index (Phi) is 19.0. The molecule has 628 valence electrons. The largest absolute Gasteiger partial charge is 0.456 e. The Morgan fingerprint density at radius 1 is 0.111 bits per heavy atom. The molecule has 0 unspecified atom stereocenters. The van der Waals surface area contributed by atoms with Gasteiger partial charge in [0.05, 0.1) is 0 Å². The summed E-state index contributed by atoms with van der Waals surface area (Å²) >= 11 is 0. The molecular formula is C132H82O3. The van der Waals surface area contributed by atoms with E-state index in [-0.39, 0.29) is 0 Å². The summed E-state index contributed by atoms with van der Waals surface area (Å²) in [6, 6.07) is 179. The van der Waals surface area contributed by atoms with Crippen molar-refractivity contribution in [3.8, 4) is 111 Å². The van der Waals surface area contributed by atoms with E-state index in [0.717, 1.165) is 82.5 Å². The lowest BCUT2D eigenvalue weighted by Gasteiger charge is -2.18. The summed E-state index contributed by atoms with van der Waals surface area (Å²) < 4.78 is 19.4. The average Bonchev–Trinajstić information content (AvgIpc) is 1.12. The summed E-state index contributed by atoms with van der Waals surface area (Å²) in [7, 11) is 0. The van der Waals surface area contributed by atoms with E-state index in [2.05, 4.69) is 485 Å². The number of para-hydroxylation sites is 2. The number of benzene rings is 25. The molecule has 25 aromatic carbocycles. The van der Waals surface area contributed by atoms with Gasteiger partial charge >= 0.3 is 0 Å². The summed E-state index contributed by atoms with van der Waals surface area (Å²) in [5, 5.41) is 29.3. The highest BCUT2D eigenvalue weighted by Gasteiger charge is 2.26. The standard InChI is InChI=1S/2C48H30O.C36H22O/c1-3-13-31(14-4-1)34-27-25-32-26-28-35(30-36(32)29-34)45-38-17-7-9-19-40(38)46(41-20-10-8-18-39(41)45)42-22-12-24-44-47(42)43-23-11-21-37(48(43)49-44)33-15-5-2-6-16-33;1-3-12-31(13-4-1)33-22-23-35-29-37(25-24-34(35)28-33)46-38-16-7-9-18-40(38)47(41-19-10-8-17-39(41)46)43-20-11-21-44-48(43)42-27-26-36(30-45(42)49-44)32-14-5-2-6-15-32;1-2-12-25-23(10-1)11-9-18-27(25)36-30-16-5-3-14-28(30)35(29-15-4-6-17-31(29)36)24-20-21-34-32(22-24)26-13-7-8-19-33(26)37-34/h2*1-30H;1-22H. The van der Waals surface area contributed by atoms with Gasteiger partial charge in [-0.05, 0) is 269 Å². The minimum atomic E-state index is 0.900. The monoisotopic (exact) mass is 1710 g/mol. The first-order valence-electron chi connectivity index (χ1n) is 46.4. The van der Waals surface area contributed by atoms with Crippen LogP contribution in [0.4, 0.5) is 0 Å². The van der Waals surface area contributed by atoms with Gasteiger partial charge in [0.2, 0.25) is 0 Å². The van der Waals surface area contributed by atoms with Crippen LogP contribution < -0.4 is 0 Å². The van der Waals surface area contributed by atoms with Crippen molar-refractivity contribution < 1.29 is 13.3 Å². The molecule has 0 aliphatic carbocycles. The predicted molar refractivity (Wildman–Crippen MR) is 573 cm³/mol. The third-order valence-electron chi connectivity index (χ3n) is 27.7. The summed E-state index contributed by atoms with van der Waals surface area (Å²) in [5.74, 6) is 0. The molecule has 3 nitrogen and oxygen atoms in total. The average molecular weight is 1720 g/mol. The van der Waals surface area contributed by atoms with Gasteiger partial charge in [-0.15, -0.1) is 0 Å². The molecule has 0 aliphatic rings. The highest BCUT2D eigenvalue weighted by molar-refractivity contribution is 6.30. The van der Waals surface area contributed by atoms with Crippen LogP contribution in [0, 0.1) is 0 Å². The number of hydrogen-bond donors (Lipinski definition) is 0.